The van der Waals surface area contributed by atoms with E-state index in [1.807, 2.05) is 18.3 Å². The predicted octanol–water partition coefficient (Wildman–Crippen LogP) is 1.04. The minimum atomic E-state index is 0.971. The van der Waals surface area contributed by atoms with E-state index in [-0.39, 0.29) is 0 Å². The molecule has 0 spiro atoms. The molecule has 0 unspecified atom stereocenters. The van der Waals surface area contributed by atoms with E-state index in [1.165, 1.54) is 11.1 Å². The van der Waals surface area contributed by atoms with Crippen molar-refractivity contribution in [2.45, 2.75) is 0 Å². The van der Waals surface area contributed by atoms with Crippen LogP contribution in [0.4, 0.5) is 5.69 Å². The molecule has 3 rings (SSSR count). The fourth-order valence-electron chi connectivity index (χ4n) is 2.15. The van der Waals surface area contributed by atoms with Crippen LogP contribution >= 0.6 is 0 Å². The molecule has 16 heavy (non-hydrogen) atoms. The van der Waals surface area contributed by atoms with Gasteiger partial charge in [0.1, 0.15) is 0 Å². The largest absolute Gasteiger partial charge is 0.367 e. The lowest BCUT2D eigenvalue weighted by Crippen LogP contribution is -2.43. The number of piperazine rings is 1. The fourth-order valence-corrected chi connectivity index (χ4v) is 2.15. The molecule has 1 aliphatic rings. The Morgan fingerprint density at radius 2 is 1.94 bits per heavy atom. The minimum Gasteiger partial charge on any atom is -0.367 e. The van der Waals surface area contributed by atoms with Gasteiger partial charge in [-0.05, 0) is 6.07 Å². The molecule has 0 amide bonds. The Morgan fingerprint density at radius 1 is 1.12 bits per heavy atom. The van der Waals surface area contributed by atoms with E-state index >= 15 is 0 Å². The average Bonchev–Trinajstić information content (AvgIpc) is 2.39. The highest BCUT2D eigenvalue weighted by atomic mass is 15.2. The van der Waals surface area contributed by atoms with E-state index in [1.54, 1.807) is 0 Å². The zero-order valence-electron chi connectivity index (χ0n) is 9.06. The van der Waals surface area contributed by atoms with E-state index in [0.717, 1.165) is 31.7 Å². The van der Waals surface area contributed by atoms with Crippen LogP contribution in [0.1, 0.15) is 0 Å². The Hall–Kier alpha value is -1.68. The Kier molecular flexibility index (Phi) is 2.42. The van der Waals surface area contributed by atoms with Crippen LogP contribution in [0.3, 0.4) is 0 Å². The number of benzene rings is 1. The molecule has 82 valence electrons. The number of rotatable bonds is 1. The van der Waals surface area contributed by atoms with Crippen molar-refractivity contribution in [1.82, 2.24) is 15.5 Å². The summed E-state index contributed by atoms with van der Waals surface area (Å²) in [5, 5.41) is 12.8. The number of nitrogens with zero attached hydrogens (tertiary/aromatic N) is 3. The SMILES string of the molecule is c1ccc2c(N3CCNCC3)cnnc2c1. The molecule has 4 heteroatoms. The van der Waals surface area contributed by atoms with Crippen LogP contribution in [0.15, 0.2) is 30.5 Å². The van der Waals surface area contributed by atoms with Crippen LogP contribution < -0.4 is 10.2 Å². The van der Waals surface area contributed by atoms with Gasteiger partial charge in [0.15, 0.2) is 0 Å². The van der Waals surface area contributed by atoms with Crippen LogP contribution in [-0.2, 0) is 0 Å². The lowest BCUT2D eigenvalue weighted by atomic mass is 10.2. The van der Waals surface area contributed by atoms with Crippen molar-refractivity contribution in [2.24, 2.45) is 0 Å². The third kappa shape index (κ3) is 1.61. The van der Waals surface area contributed by atoms with Crippen LogP contribution in [0, 0.1) is 0 Å². The summed E-state index contributed by atoms with van der Waals surface area (Å²) in [7, 11) is 0. The smallest absolute Gasteiger partial charge is 0.0950 e. The highest BCUT2D eigenvalue weighted by molar-refractivity contribution is 5.90. The lowest BCUT2D eigenvalue weighted by Gasteiger charge is -2.29. The number of hydrogen-bond acceptors (Lipinski definition) is 4. The molecule has 0 radical (unpaired) electrons. The van der Waals surface area contributed by atoms with Gasteiger partial charge in [0.05, 0.1) is 17.4 Å². The highest BCUT2D eigenvalue weighted by Crippen LogP contribution is 2.23. The molecule has 1 saturated heterocycles. The van der Waals surface area contributed by atoms with Gasteiger partial charge >= 0.3 is 0 Å². The van der Waals surface area contributed by atoms with Crippen molar-refractivity contribution < 1.29 is 0 Å². The first-order valence-electron chi connectivity index (χ1n) is 5.61. The van der Waals surface area contributed by atoms with Gasteiger partial charge in [-0.1, -0.05) is 18.2 Å². The molecule has 0 saturated carbocycles. The number of nitrogens with one attached hydrogen (secondary N) is 1. The van der Waals surface area contributed by atoms with Crippen molar-refractivity contribution in [3.63, 3.8) is 0 Å². The van der Waals surface area contributed by atoms with E-state index in [4.69, 9.17) is 0 Å². The standard InChI is InChI=1S/C12H14N4/c1-2-4-11-10(3-1)12(9-14-15-11)16-7-5-13-6-8-16/h1-4,9,13H,5-8H2. The van der Waals surface area contributed by atoms with E-state index in [2.05, 4.69) is 32.5 Å². The summed E-state index contributed by atoms with van der Waals surface area (Å²) in [6.07, 6.45) is 1.87. The second-order valence-electron chi connectivity index (χ2n) is 3.98. The number of anilines is 1. The number of hydrogen-bond donors (Lipinski definition) is 1. The van der Waals surface area contributed by atoms with Gasteiger partial charge < -0.3 is 10.2 Å². The zero-order chi connectivity index (χ0) is 10.8. The summed E-state index contributed by atoms with van der Waals surface area (Å²) in [5.74, 6) is 0. The monoisotopic (exact) mass is 214 g/mol. The maximum Gasteiger partial charge on any atom is 0.0950 e. The van der Waals surface area contributed by atoms with Crippen molar-refractivity contribution in [2.75, 3.05) is 31.1 Å². The Bertz CT molecular complexity index is 486. The second-order valence-corrected chi connectivity index (χ2v) is 3.98. The molecule has 0 bridgehead atoms. The van der Waals surface area contributed by atoms with Crippen molar-refractivity contribution >= 4 is 16.6 Å². The van der Waals surface area contributed by atoms with Crippen molar-refractivity contribution in [3.8, 4) is 0 Å². The van der Waals surface area contributed by atoms with Gasteiger partial charge in [0.25, 0.3) is 0 Å². The van der Waals surface area contributed by atoms with Gasteiger partial charge in [-0.15, -0.1) is 0 Å². The topological polar surface area (TPSA) is 41.0 Å². The molecule has 2 heterocycles. The Labute approximate surface area is 94.3 Å². The molecule has 1 fully saturated rings. The molecule has 4 nitrogen and oxygen atoms in total. The van der Waals surface area contributed by atoms with Crippen molar-refractivity contribution in [1.29, 1.82) is 0 Å². The normalized spacial score (nSPS) is 16.6. The zero-order valence-corrected chi connectivity index (χ0v) is 9.06. The van der Waals surface area contributed by atoms with Gasteiger partial charge in [-0.25, -0.2) is 0 Å². The lowest BCUT2D eigenvalue weighted by molar-refractivity contribution is 0.589. The molecule has 2 aromatic rings. The quantitative estimate of drug-likeness (QED) is 0.770. The third-order valence-corrected chi connectivity index (χ3v) is 2.98. The van der Waals surface area contributed by atoms with Crippen LogP contribution in [-0.4, -0.2) is 36.4 Å². The second kappa shape index (κ2) is 4.06. The summed E-state index contributed by atoms with van der Waals surface area (Å²) in [5.41, 5.74) is 2.17. The van der Waals surface area contributed by atoms with Crippen LogP contribution in [0.25, 0.3) is 10.9 Å². The summed E-state index contributed by atoms with van der Waals surface area (Å²) in [6, 6.07) is 8.17. The maximum absolute atomic E-state index is 4.14. The molecule has 1 N–H and O–H groups in total. The molecule has 1 aromatic carbocycles. The van der Waals surface area contributed by atoms with Crippen molar-refractivity contribution in [3.05, 3.63) is 30.5 Å². The summed E-state index contributed by atoms with van der Waals surface area (Å²) in [6.45, 7) is 4.15. The summed E-state index contributed by atoms with van der Waals surface area (Å²) >= 11 is 0. The summed E-state index contributed by atoms with van der Waals surface area (Å²) < 4.78 is 0. The molecule has 1 aromatic heterocycles. The van der Waals surface area contributed by atoms with Crippen LogP contribution in [0.5, 0.6) is 0 Å². The fraction of sp³-hybridized carbons (Fsp3) is 0.333. The van der Waals surface area contributed by atoms with E-state index < -0.39 is 0 Å². The third-order valence-electron chi connectivity index (χ3n) is 2.98. The molecule has 1 aliphatic heterocycles. The van der Waals surface area contributed by atoms with Gasteiger partial charge in [0.2, 0.25) is 0 Å². The first kappa shape index (κ1) is 9.54. The number of fused-ring (bicyclic) bond motifs is 1. The first-order valence-corrected chi connectivity index (χ1v) is 5.61. The van der Waals surface area contributed by atoms with Gasteiger partial charge in [-0.2, -0.15) is 10.2 Å². The Morgan fingerprint density at radius 3 is 2.81 bits per heavy atom. The molecular formula is C12H14N4. The van der Waals surface area contributed by atoms with Gasteiger partial charge in [0, 0.05) is 31.6 Å². The number of aromatic nitrogens is 2. The van der Waals surface area contributed by atoms with Crippen LogP contribution in [0.2, 0.25) is 0 Å². The molecular weight excluding hydrogens is 200 g/mol. The highest BCUT2D eigenvalue weighted by Gasteiger charge is 2.13. The Balaban J connectivity index is 2.08. The van der Waals surface area contributed by atoms with E-state index in [9.17, 15) is 0 Å². The molecule has 0 atom stereocenters. The summed E-state index contributed by atoms with van der Waals surface area (Å²) in [4.78, 5) is 2.37. The maximum atomic E-state index is 4.14. The minimum absolute atomic E-state index is 0.971. The van der Waals surface area contributed by atoms with E-state index in [0.29, 0.717) is 0 Å². The molecule has 0 aliphatic carbocycles. The van der Waals surface area contributed by atoms with Gasteiger partial charge in [-0.3, -0.25) is 0 Å². The first-order chi connectivity index (χ1) is 7.95. The average molecular weight is 214 g/mol. The predicted molar refractivity (Wildman–Crippen MR) is 64.6 cm³/mol.